The van der Waals surface area contributed by atoms with E-state index in [0.717, 1.165) is 37.3 Å². The number of benzene rings is 1. The number of hydrogen-bond acceptors (Lipinski definition) is 3. The monoisotopic (exact) mass is 202 g/mol. The van der Waals surface area contributed by atoms with E-state index in [1.165, 1.54) is 0 Å². The molecule has 78 valence electrons. The van der Waals surface area contributed by atoms with Crippen LogP contribution in [0.2, 0.25) is 0 Å². The van der Waals surface area contributed by atoms with E-state index in [1.807, 2.05) is 24.3 Å². The van der Waals surface area contributed by atoms with Gasteiger partial charge in [0.05, 0.1) is 18.2 Å². The fourth-order valence-corrected chi connectivity index (χ4v) is 1.73. The van der Waals surface area contributed by atoms with Crippen molar-refractivity contribution in [1.29, 1.82) is 5.26 Å². The van der Waals surface area contributed by atoms with Gasteiger partial charge in [-0.1, -0.05) is 18.2 Å². The van der Waals surface area contributed by atoms with Crippen LogP contribution in [0.25, 0.3) is 0 Å². The molecule has 0 aliphatic carbocycles. The zero-order valence-corrected chi connectivity index (χ0v) is 8.57. The summed E-state index contributed by atoms with van der Waals surface area (Å²) < 4.78 is 5.27. The molecule has 15 heavy (non-hydrogen) atoms. The van der Waals surface area contributed by atoms with Gasteiger partial charge in [0, 0.05) is 19.2 Å². The van der Waals surface area contributed by atoms with Crippen LogP contribution in [0.15, 0.2) is 24.3 Å². The van der Waals surface area contributed by atoms with Gasteiger partial charge < -0.3 is 10.1 Å². The average molecular weight is 202 g/mol. The first-order chi connectivity index (χ1) is 7.40. The molecule has 0 amide bonds. The standard InChI is InChI=1S/C12H14N2O/c13-7-10-3-1-2-4-11(10)8-14-12-5-6-15-9-12/h1-4,12,14H,5-6,8-9H2. The van der Waals surface area contributed by atoms with Gasteiger partial charge in [0.2, 0.25) is 0 Å². The second-order valence-electron chi connectivity index (χ2n) is 3.71. The van der Waals surface area contributed by atoms with Crippen LogP contribution in [0.5, 0.6) is 0 Å². The van der Waals surface area contributed by atoms with Crippen LogP contribution in [-0.4, -0.2) is 19.3 Å². The highest BCUT2D eigenvalue weighted by atomic mass is 16.5. The van der Waals surface area contributed by atoms with Gasteiger partial charge in [0.15, 0.2) is 0 Å². The van der Waals surface area contributed by atoms with Gasteiger partial charge >= 0.3 is 0 Å². The highest BCUT2D eigenvalue weighted by Crippen LogP contribution is 2.09. The highest BCUT2D eigenvalue weighted by Gasteiger charge is 2.14. The lowest BCUT2D eigenvalue weighted by Gasteiger charge is -2.10. The summed E-state index contributed by atoms with van der Waals surface area (Å²) in [5.74, 6) is 0. The number of nitrogens with zero attached hydrogens (tertiary/aromatic N) is 1. The van der Waals surface area contributed by atoms with Crippen LogP contribution < -0.4 is 5.32 Å². The van der Waals surface area contributed by atoms with E-state index in [-0.39, 0.29) is 0 Å². The number of nitriles is 1. The first kappa shape index (κ1) is 10.2. The SMILES string of the molecule is N#Cc1ccccc1CNC1CCOC1. The maximum atomic E-state index is 8.91. The van der Waals surface area contributed by atoms with Crippen molar-refractivity contribution in [2.45, 2.75) is 19.0 Å². The summed E-state index contributed by atoms with van der Waals surface area (Å²) >= 11 is 0. The Balaban J connectivity index is 1.95. The van der Waals surface area contributed by atoms with Crippen molar-refractivity contribution in [2.75, 3.05) is 13.2 Å². The van der Waals surface area contributed by atoms with E-state index >= 15 is 0 Å². The van der Waals surface area contributed by atoms with E-state index in [0.29, 0.717) is 6.04 Å². The topological polar surface area (TPSA) is 45.0 Å². The fourth-order valence-electron chi connectivity index (χ4n) is 1.73. The van der Waals surface area contributed by atoms with Crippen molar-refractivity contribution < 1.29 is 4.74 Å². The van der Waals surface area contributed by atoms with Crippen molar-refractivity contribution in [2.24, 2.45) is 0 Å². The molecular formula is C12H14N2O. The normalized spacial score (nSPS) is 20.1. The summed E-state index contributed by atoms with van der Waals surface area (Å²) in [4.78, 5) is 0. The summed E-state index contributed by atoms with van der Waals surface area (Å²) in [5.41, 5.74) is 1.82. The van der Waals surface area contributed by atoms with E-state index in [4.69, 9.17) is 10.00 Å². The van der Waals surface area contributed by atoms with Gasteiger partial charge in [-0.05, 0) is 18.1 Å². The minimum atomic E-state index is 0.441. The summed E-state index contributed by atoms with van der Waals surface area (Å²) in [6.45, 7) is 2.38. The van der Waals surface area contributed by atoms with Crippen LogP contribution >= 0.6 is 0 Å². The molecule has 1 atom stereocenters. The van der Waals surface area contributed by atoms with E-state index in [9.17, 15) is 0 Å². The minimum absolute atomic E-state index is 0.441. The van der Waals surface area contributed by atoms with E-state index in [1.54, 1.807) is 0 Å². The Morgan fingerprint density at radius 3 is 3.07 bits per heavy atom. The zero-order valence-electron chi connectivity index (χ0n) is 8.57. The largest absolute Gasteiger partial charge is 0.380 e. The Morgan fingerprint density at radius 2 is 2.33 bits per heavy atom. The van der Waals surface area contributed by atoms with Crippen LogP contribution in [-0.2, 0) is 11.3 Å². The second-order valence-corrected chi connectivity index (χ2v) is 3.71. The maximum absolute atomic E-state index is 8.91. The third-order valence-corrected chi connectivity index (χ3v) is 2.65. The fraction of sp³-hybridized carbons (Fsp3) is 0.417. The smallest absolute Gasteiger partial charge is 0.0995 e. The van der Waals surface area contributed by atoms with Crippen LogP contribution in [0.1, 0.15) is 17.5 Å². The average Bonchev–Trinajstić information content (AvgIpc) is 2.79. The molecule has 3 heteroatoms. The summed E-state index contributed by atoms with van der Waals surface area (Å²) in [6, 6.07) is 10.3. The summed E-state index contributed by atoms with van der Waals surface area (Å²) in [6.07, 6.45) is 1.06. The molecule has 0 radical (unpaired) electrons. The third kappa shape index (κ3) is 2.56. The van der Waals surface area contributed by atoms with Gasteiger partial charge in [-0.3, -0.25) is 0 Å². The Bertz CT molecular complexity index is 364. The molecule has 3 nitrogen and oxygen atoms in total. The number of nitrogens with one attached hydrogen (secondary N) is 1. The van der Waals surface area contributed by atoms with Crippen molar-refractivity contribution in [3.63, 3.8) is 0 Å². The van der Waals surface area contributed by atoms with Crippen LogP contribution in [0.4, 0.5) is 0 Å². The Morgan fingerprint density at radius 1 is 1.47 bits per heavy atom. The minimum Gasteiger partial charge on any atom is -0.380 e. The molecule has 1 aromatic rings. The Kier molecular flexibility index (Phi) is 3.33. The molecule has 2 rings (SSSR count). The molecule has 1 heterocycles. The predicted octanol–water partition coefficient (Wildman–Crippen LogP) is 1.44. The summed E-state index contributed by atoms with van der Waals surface area (Å²) in [7, 11) is 0. The van der Waals surface area contributed by atoms with Crippen LogP contribution in [0.3, 0.4) is 0 Å². The van der Waals surface area contributed by atoms with Gasteiger partial charge in [-0.25, -0.2) is 0 Å². The highest BCUT2D eigenvalue weighted by molar-refractivity contribution is 5.37. The molecule has 1 aliphatic heterocycles. The molecule has 1 aliphatic rings. The molecule has 0 bridgehead atoms. The van der Waals surface area contributed by atoms with Gasteiger partial charge in [0.25, 0.3) is 0 Å². The summed E-state index contributed by atoms with van der Waals surface area (Å²) in [5, 5.41) is 12.3. The number of hydrogen-bond donors (Lipinski definition) is 1. The van der Waals surface area contributed by atoms with Crippen molar-refractivity contribution in [3.8, 4) is 6.07 Å². The van der Waals surface area contributed by atoms with E-state index in [2.05, 4.69) is 11.4 Å². The number of ether oxygens (including phenoxy) is 1. The second kappa shape index (κ2) is 4.92. The lowest BCUT2D eigenvalue weighted by molar-refractivity contribution is 0.190. The predicted molar refractivity (Wildman–Crippen MR) is 57.2 cm³/mol. The molecule has 1 N–H and O–H groups in total. The lowest BCUT2D eigenvalue weighted by atomic mass is 10.1. The molecule has 0 spiro atoms. The maximum Gasteiger partial charge on any atom is 0.0995 e. The zero-order chi connectivity index (χ0) is 10.5. The number of rotatable bonds is 3. The molecular weight excluding hydrogens is 188 g/mol. The molecule has 1 fully saturated rings. The first-order valence-electron chi connectivity index (χ1n) is 5.19. The molecule has 0 aromatic heterocycles. The lowest BCUT2D eigenvalue weighted by Crippen LogP contribution is -2.28. The van der Waals surface area contributed by atoms with Crippen LogP contribution in [0, 0.1) is 11.3 Å². The first-order valence-corrected chi connectivity index (χ1v) is 5.19. The van der Waals surface area contributed by atoms with E-state index < -0.39 is 0 Å². The van der Waals surface area contributed by atoms with Gasteiger partial charge in [-0.2, -0.15) is 5.26 Å². The quantitative estimate of drug-likeness (QED) is 0.806. The molecule has 0 saturated carbocycles. The third-order valence-electron chi connectivity index (χ3n) is 2.65. The Hall–Kier alpha value is -1.37. The molecule has 1 unspecified atom stereocenters. The van der Waals surface area contributed by atoms with Crippen molar-refractivity contribution >= 4 is 0 Å². The molecule has 1 saturated heterocycles. The van der Waals surface area contributed by atoms with Gasteiger partial charge in [0.1, 0.15) is 0 Å². The molecule has 1 aromatic carbocycles. The van der Waals surface area contributed by atoms with Gasteiger partial charge in [-0.15, -0.1) is 0 Å². The van der Waals surface area contributed by atoms with Crippen molar-refractivity contribution in [1.82, 2.24) is 5.32 Å². The Labute approximate surface area is 89.7 Å². The van der Waals surface area contributed by atoms with Crippen molar-refractivity contribution in [3.05, 3.63) is 35.4 Å².